The number of carbonyl (C=O) groups excluding carboxylic acids is 2. The third-order valence-corrected chi connectivity index (χ3v) is 4.81. The SMILES string of the molecule is CCCC[C@@H]1C(=O)c2ccccc2N(C(=O)OC)[C@H]1c1ccccc1. The fourth-order valence-corrected chi connectivity index (χ4v) is 3.62. The van der Waals surface area contributed by atoms with E-state index in [1.165, 1.54) is 7.11 Å². The highest BCUT2D eigenvalue weighted by Crippen LogP contribution is 2.44. The van der Waals surface area contributed by atoms with E-state index in [9.17, 15) is 9.59 Å². The van der Waals surface area contributed by atoms with Crippen molar-refractivity contribution < 1.29 is 14.3 Å². The number of Topliss-reactive ketones (excluding diaryl/α,β-unsaturated/α-hetero) is 1. The molecule has 4 heteroatoms. The molecule has 1 amide bonds. The zero-order valence-corrected chi connectivity index (χ0v) is 14.6. The van der Waals surface area contributed by atoms with E-state index in [4.69, 9.17) is 4.74 Å². The molecule has 0 unspecified atom stereocenters. The number of hydrogen-bond acceptors (Lipinski definition) is 3. The lowest BCUT2D eigenvalue weighted by atomic mass is 9.78. The summed E-state index contributed by atoms with van der Waals surface area (Å²) >= 11 is 0. The molecule has 1 aliphatic heterocycles. The molecule has 0 spiro atoms. The van der Waals surface area contributed by atoms with E-state index in [0.29, 0.717) is 11.3 Å². The Morgan fingerprint density at radius 2 is 1.76 bits per heavy atom. The molecule has 0 bridgehead atoms. The normalized spacial score (nSPS) is 19.4. The van der Waals surface area contributed by atoms with Crippen LogP contribution in [0, 0.1) is 5.92 Å². The van der Waals surface area contributed by atoms with E-state index < -0.39 is 6.09 Å². The minimum Gasteiger partial charge on any atom is -0.452 e. The Balaban J connectivity index is 2.17. The minimum absolute atomic E-state index is 0.109. The van der Waals surface area contributed by atoms with E-state index in [-0.39, 0.29) is 17.7 Å². The molecule has 0 aromatic heterocycles. The first-order valence-corrected chi connectivity index (χ1v) is 8.74. The van der Waals surface area contributed by atoms with Gasteiger partial charge in [-0.1, -0.05) is 62.2 Å². The molecular weight excluding hydrogens is 314 g/mol. The summed E-state index contributed by atoms with van der Waals surface area (Å²) in [5.41, 5.74) is 2.18. The van der Waals surface area contributed by atoms with Crippen LogP contribution in [0.2, 0.25) is 0 Å². The number of ketones is 1. The molecular formula is C21H23NO3. The molecule has 0 aliphatic carbocycles. The molecule has 1 aliphatic rings. The molecule has 0 radical (unpaired) electrons. The third-order valence-electron chi connectivity index (χ3n) is 4.81. The van der Waals surface area contributed by atoms with Gasteiger partial charge in [0.15, 0.2) is 5.78 Å². The average molecular weight is 337 g/mol. The van der Waals surface area contributed by atoms with Crippen molar-refractivity contribution in [2.75, 3.05) is 12.0 Å². The maximum Gasteiger partial charge on any atom is 0.414 e. The molecule has 0 fully saturated rings. The van der Waals surface area contributed by atoms with Gasteiger partial charge in [-0.2, -0.15) is 0 Å². The lowest BCUT2D eigenvalue weighted by molar-refractivity contribution is 0.0873. The number of ether oxygens (including phenoxy) is 1. The Labute approximate surface area is 148 Å². The van der Waals surface area contributed by atoms with Crippen molar-refractivity contribution in [1.29, 1.82) is 0 Å². The van der Waals surface area contributed by atoms with Crippen molar-refractivity contribution in [3.63, 3.8) is 0 Å². The van der Waals surface area contributed by atoms with Gasteiger partial charge in [0.2, 0.25) is 0 Å². The van der Waals surface area contributed by atoms with Gasteiger partial charge in [0.05, 0.1) is 18.8 Å². The van der Waals surface area contributed by atoms with Gasteiger partial charge in [-0.3, -0.25) is 9.69 Å². The van der Waals surface area contributed by atoms with Gasteiger partial charge in [0.25, 0.3) is 0 Å². The summed E-state index contributed by atoms with van der Waals surface area (Å²) in [5, 5.41) is 0. The topological polar surface area (TPSA) is 46.6 Å². The molecule has 3 rings (SSSR count). The predicted molar refractivity (Wildman–Crippen MR) is 97.9 cm³/mol. The van der Waals surface area contributed by atoms with E-state index in [2.05, 4.69) is 6.92 Å². The Morgan fingerprint density at radius 3 is 2.44 bits per heavy atom. The molecule has 2 atom stereocenters. The zero-order valence-electron chi connectivity index (χ0n) is 14.6. The molecule has 2 aromatic carbocycles. The molecule has 0 saturated heterocycles. The second-order valence-electron chi connectivity index (χ2n) is 6.33. The van der Waals surface area contributed by atoms with Gasteiger partial charge in [-0.25, -0.2) is 4.79 Å². The number of benzene rings is 2. The number of rotatable bonds is 4. The first-order valence-electron chi connectivity index (χ1n) is 8.74. The fourth-order valence-electron chi connectivity index (χ4n) is 3.62. The number of hydrogen-bond donors (Lipinski definition) is 0. The van der Waals surface area contributed by atoms with Gasteiger partial charge in [0.1, 0.15) is 0 Å². The fraction of sp³-hybridized carbons (Fsp3) is 0.333. The smallest absolute Gasteiger partial charge is 0.414 e. The van der Waals surface area contributed by atoms with Crippen molar-refractivity contribution in [2.45, 2.75) is 32.2 Å². The van der Waals surface area contributed by atoms with Crippen LogP contribution in [0.5, 0.6) is 0 Å². The van der Waals surface area contributed by atoms with E-state index >= 15 is 0 Å². The third kappa shape index (κ3) is 3.16. The van der Waals surface area contributed by atoms with Crippen LogP contribution in [0.25, 0.3) is 0 Å². The van der Waals surface area contributed by atoms with Crippen LogP contribution in [-0.4, -0.2) is 19.0 Å². The Morgan fingerprint density at radius 1 is 1.08 bits per heavy atom. The Hall–Kier alpha value is -2.62. The van der Waals surface area contributed by atoms with Gasteiger partial charge in [-0.05, 0) is 24.1 Å². The highest BCUT2D eigenvalue weighted by molar-refractivity contribution is 6.09. The van der Waals surface area contributed by atoms with Crippen molar-refractivity contribution in [1.82, 2.24) is 0 Å². The number of methoxy groups -OCH3 is 1. The summed E-state index contributed by atoms with van der Waals surface area (Å²) in [6, 6.07) is 16.7. The predicted octanol–water partition coefficient (Wildman–Crippen LogP) is 5.00. The Bertz CT molecular complexity index is 757. The van der Waals surface area contributed by atoms with Crippen molar-refractivity contribution in [2.24, 2.45) is 5.92 Å². The molecule has 0 N–H and O–H groups in total. The highest BCUT2D eigenvalue weighted by atomic mass is 16.5. The van der Waals surface area contributed by atoms with Gasteiger partial charge in [-0.15, -0.1) is 0 Å². The zero-order chi connectivity index (χ0) is 17.8. The van der Waals surface area contributed by atoms with Crippen LogP contribution >= 0.6 is 0 Å². The largest absolute Gasteiger partial charge is 0.452 e. The molecule has 130 valence electrons. The summed E-state index contributed by atoms with van der Waals surface area (Å²) in [7, 11) is 1.38. The number of unbranched alkanes of at least 4 members (excludes halogenated alkanes) is 1. The number of nitrogens with zero attached hydrogens (tertiary/aromatic N) is 1. The molecule has 25 heavy (non-hydrogen) atoms. The summed E-state index contributed by atoms with van der Waals surface area (Å²) < 4.78 is 5.06. The average Bonchev–Trinajstić information content (AvgIpc) is 2.67. The number of carbonyl (C=O) groups is 2. The van der Waals surface area contributed by atoms with E-state index in [1.807, 2.05) is 48.5 Å². The van der Waals surface area contributed by atoms with Crippen LogP contribution in [-0.2, 0) is 4.74 Å². The highest BCUT2D eigenvalue weighted by Gasteiger charge is 2.43. The van der Waals surface area contributed by atoms with E-state index in [0.717, 1.165) is 24.8 Å². The van der Waals surface area contributed by atoms with Gasteiger partial charge < -0.3 is 4.74 Å². The number of para-hydroxylation sites is 1. The maximum atomic E-state index is 13.2. The quantitative estimate of drug-likeness (QED) is 0.788. The first-order chi connectivity index (χ1) is 12.2. The molecule has 1 heterocycles. The molecule has 0 saturated carbocycles. The molecule has 2 aromatic rings. The minimum atomic E-state index is -0.435. The van der Waals surface area contributed by atoms with Crippen LogP contribution < -0.4 is 4.90 Å². The van der Waals surface area contributed by atoms with E-state index in [1.54, 1.807) is 11.0 Å². The van der Waals surface area contributed by atoms with Crippen LogP contribution in [0.3, 0.4) is 0 Å². The second kappa shape index (κ2) is 7.51. The number of fused-ring (bicyclic) bond motifs is 1. The van der Waals surface area contributed by atoms with Crippen molar-refractivity contribution in [3.8, 4) is 0 Å². The summed E-state index contributed by atoms with van der Waals surface area (Å²) in [6.07, 6.45) is 2.26. The Kier molecular flexibility index (Phi) is 5.17. The van der Waals surface area contributed by atoms with Crippen molar-refractivity contribution in [3.05, 3.63) is 65.7 Å². The second-order valence-corrected chi connectivity index (χ2v) is 6.33. The standard InChI is InChI=1S/C21H23NO3/c1-3-4-12-17-19(15-10-6-5-7-11-15)22(21(24)25-2)18-14-9-8-13-16(18)20(17)23/h5-11,13-14,17,19H,3-4,12H2,1-2H3/t17-,19-/m0/s1. The summed E-state index contributed by atoms with van der Waals surface area (Å²) in [5.74, 6) is -0.158. The van der Waals surface area contributed by atoms with Gasteiger partial charge in [0, 0.05) is 11.5 Å². The van der Waals surface area contributed by atoms with Crippen molar-refractivity contribution >= 4 is 17.6 Å². The molecule has 4 nitrogen and oxygen atoms in total. The lowest BCUT2D eigenvalue weighted by Crippen LogP contribution is -2.45. The first kappa shape index (κ1) is 17.2. The number of amides is 1. The summed E-state index contributed by atoms with van der Waals surface area (Å²) in [6.45, 7) is 2.11. The maximum absolute atomic E-state index is 13.2. The van der Waals surface area contributed by atoms with Crippen LogP contribution in [0.4, 0.5) is 10.5 Å². The van der Waals surface area contributed by atoms with Gasteiger partial charge >= 0.3 is 6.09 Å². The summed E-state index contributed by atoms with van der Waals surface area (Å²) in [4.78, 5) is 27.5. The monoisotopic (exact) mass is 337 g/mol. The lowest BCUT2D eigenvalue weighted by Gasteiger charge is -2.40. The van der Waals surface area contributed by atoms with Crippen LogP contribution in [0.1, 0.15) is 48.1 Å². The number of anilines is 1. The van der Waals surface area contributed by atoms with Crippen LogP contribution in [0.15, 0.2) is 54.6 Å².